The molecule has 2 aromatic rings. The zero-order valence-corrected chi connectivity index (χ0v) is 11.1. The number of hydrogen-bond donors (Lipinski definition) is 2. The topological polar surface area (TPSA) is 106 Å². The van der Waals surface area contributed by atoms with Crippen molar-refractivity contribution in [2.75, 3.05) is 17.7 Å². The molecule has 0 radical (unpaired) electrons. The molecule has 108 valence electrons. The van der Waals surface area contributed by atoms with Gasteiger partial charge in [-0.3, -0.25) is 15.4 Å². The van der Waals surface area contributed by atoms with E-state index < -0.39 is 11.0 Å². The highest BCUT2D eigenvalue weighted by Gasteiger charge is 2.17. The number of nitrogens with one attached hydrogen (secondary N) is 2. The van der Waals surface area contributed by atoms with E-state index >= 15 is 0 Å². The molecule has 8 nitrogen and oxygen atoms in total. The summed E-state index contributed by atoms with van der Waals surface area (Å²) < 4.78 is 4.92. The van der Waals surface area contributed by atoms with E-state index in [0.29, 0.717) is 11.6 Å². The molecule has 0 bridgehead atoms. The molecule has 0 unspecified atom stereocenters. The second-order valence-corrected chi connectivity index (χ2v) is 3.93. The summed E-state index contributed by atoms with van der Waals surface area (Å²) in [6, 6.07) is 8.54. The quantitative estimate of drug-likeness (QED) is 0.664. The number of methoxy groups -OCH3 is 1. The Morgan fingerprint density at radius 3 is 2.71 bits per heavy atom. The van der Waals surface area contributed by atoms with Crippen molar-refractivity contribution in [2.24, 2.45) is 0 Å². The van der Waals surface area contributed by atoms with E-state index in [4.69, 9.17) is 4.74 Å². The summed E-state index contributed by atoms with van der Waals surface area (Å²) in [5, 5.41) is 15.9. The molecule has 21 heavy (non-hydrogen) atoms. The highest BCUT2D eigenvalue weighted by molar-refractivity contribution is 6.00. The van der Waals surface area contributed by atoms with Gasteiger partial charge in [-0.2, -0.15) is 0 Å². The number of amides is 2. The van der Waals surface area contributed by atoms with Crippen molar-refractivity contribution in [3.63, 3.8) is 0 Å². The molecule has 0 spiro atoms. The summed E-state index contributed by atoms with van der Waals surface area (Å²) >= 11 is 0. The fourth-order valence-electron chi connectivity index (χ4n) is 1.60. The van der Waals surface area contributed by atoms with Crippen molar-refractivity contribution >= 4 is 23.2 Å². The predicted molar refractivity (Wildman–Crippen MR) is 76.5 cm³/mol. The van der Waals surface area contributed by atoms with Crippen molar-refractivity contribution < 1.29 is 14.5 Å². The number of anilines is 2. The maximum atomic E-state index is 11.8. The number of carbonyl (C=O) groups is 1. The normalized spacial score (nSPS) is 9.76. The zero-order valence-electron chi connectivity index (χ0n) is 11.1. The lowest BCUT2D eigenvalue weighted by Crippen LogP contribution is -2.20. The van der Waals surface area contributed by atoms with Gasteiger partial charge in [0.05, 0.1) is 18.1 Å². The summed E-state index contributed by atoms with van der Waals surface area (Å²) in [4.78, 5) is 26.1. The summed E-state index contributed by atoms with van der Waals surface area (Å²) in [7, 11) is 1.40. The second kappa shape index (κ2) is 6.33. The van der Waals surface area contributed by atoms with E-state index in [2.05, 4.69) is 15.6 Å². The Labute approximate surface area is 119 Å². The van der Waals surface area contributed by atoms with Gasteiger partial charge in [0, 0.05) is 6.20 Å². The Morgan fingerprint density at radius 2 is 2.10 bits per heavy atom. The number of nitro groups is 1. The van der Waals surface area contributed by atoms with Crippen LogP contribution in [0.2, 0.25) is 0 Å². The number of pyridine rings is 1. The molecule has 8 heteroatoms. The minimum absolute atomic E-state index is 0.0641. The number of nitrogens with zero attached hydrogens (tertiary/aromatic N) is 2. The minimum Gasteiger partial charge on any atom is -0.496 e. The standard InChI is InChI=1S/C13H12N4O4/c1-21-9-5-6-10(11(8-9)17(19)20)15-13(18)16-12-4-2-3-7-14-12/h2-8H,1H3,(H2,14,15,16,18). The van der Waals surface area contributed by atoms with Crippen LogP contribution in [0.3, 0.4) is 0 Å². The van der Waals surface area contributed by atoms with Gasteiger partial charge in [0.2, 0.25) is 0 Å². The van der Waals surface area contributed by atoms with Gasteiger partial charge in [-0.25, -0.2) is 9.78 Å². The SMILES string of the molecule is COc1ccc(NC(=O)Nc2ccccn2)c([N+](=O)[O-])c1. The zero-order chi connectivity index (χ0) is 15.2. The van der Waals surface area contributed by atoms with Gasteiger partial charge < -0.3 is 10.1 Å². The average molecular weight is 288 g/mol. The third-order valence-corrected chi connectivity index (χ3v) is 2.56. The third kappa shape index (κ3) is 3.66. The number of nitro benzene ring substituents is 1. The smallest absolute Gasteiger partial charge is 0.325 e. The van der Waals surface area contributed by atoms with Crippen LogP contribution in [0.4, 0.5) is 22.0 Å². The molecule has 0 saturated carbocycles. The molecule has 0 saturated heterocycles. The Bertz CT molecular complexity index is 660. The van der Waals surface area contributed by atoms with Gasteiger partial charge in [-0.05, 0) is 24.3 Å². The molecule has 2 rings (SSSR count). The second-order valence-electron chi connectivity index (χ2n) is 3.93. The van der Waals surface area contributed by atoms with E-state index in [1.165, 1.54) is 31.5 Å². The first-order chi connectivity index (χ1) is 10.1. The van der Waals surface area contributed by atoms with Gasteiger partial charge in [0.1, 0.15) is 17.3 Å². The highest BCUT2D eigenvalue weighted by atomic mass is 16.6. The average Bonchev–Trinajstić information content (AvgIpc) is 2.48. The highest BCUT2D eigenvalue weighted by Crippen LogP contribution is 2.28. The summed E-state index contributed by atoms with van der Waals surface area (Å²) in [5.41, 5.74) is -0.195. The largest absolute Gasteiger partial charge is 0.496 e. The number of ether oxygens (including phenoxy) is 1. The first-order valence-corrected chi connectivity index (χ1v) is 5.91. The summed E-state index contributed by atoms with van der Waals surface area (Å²) in [6.45, 7) is 0. The summed E-state index contributed by atoms with van der Waals surface area (Å²) in [5.74, 6) is 0.670. The Kier molecular flexibility index (Phi) is 4.30. The van der Waals surface area contributed by atoms with Gasteiger partial charge >= 0.3 is 6.03 Å². The maximum absolute atomic E-state index is 11.8. The molecule has 0 fully saturated rings. The van der Waals surface area contributed by atoms with Crippen LogP contribution >= 0.6 is 0 Å². The van der Waals surface area contributed by atoms with Gasteiger partial charge in [-0.15, -0.1) is 0 Å². The Hall–Kier alpha value is -3.16. The predicted octanol–water partition coefficient (Wildman–Crippen LogP) is 2.64. The number of aromatic nitrogens is 1. The lowest BCUT2D eigenvalue weighted by molar-refractivity contribution is -0.384. The first-order valence-electron chi connectivity index (χ1n) is 5.91. The molecule has 2 N–H and O–H groups in total. The van der Waals surface area contributed by atoms with Crippen molar-refractivity contribution in [3.8, 4) is 5.75 Å². The number of urea groups is 1. The molecule has 1 aromatic heterocycles. The molecule has 0 aliphatic rings. The van der Waals surface area contributed by atoms with E-state index in [0.717, 1.165) is 0 Å². The van der Waals surface area contributed by atoms with E-state index in [9.17, 15) is 14.9 Å². The Balaban J connectivity index is 2.15. The summed E-state index contributed by atoms with van der Waals surface area (Å²) in [6.07, 6.45) is 1.52. The maximum Gasteiger partial charge on any atom is 0.325 e. The number of rotatable bonds is 4. The molecule has 0 aliphatic heterocycles. The van der Waals surface area contributed by atoms with Gasteiger partial charge in [0.15, 0.2) is 0 Å². The molecular formula is C13H12N4O4. The Morgan fingerprint density at radius 1 is 1.29 bits per heavy atom. The van der Waals surface area contributed by atoms with Crippen LogP contribution < -0.4 is 15.4 Å². The monoisotopic (exact) mass is 288 g/mol. The molecule has 2 amide bonds. The van der Waals surface area contributed by atoms with Gasteiger partial charge in [0.25, 0.3) is 5.69 Å². The molecule has 0 atom stereocenters. The van der Waals surface area contributed by atoms with Gasteiger partial charge in [-0.1, -0.05) is 6.07 Å². The molecular weight excluding hydrogens is 276 g/mol. The molecule has 1 aromatic carbocycles. The van der Waals surface area contributed by atoms with E-state index in [-0.39, 0.29) is 11.4 Å². The lowest BCUT2D eigenvalue weighted by Gasteiger charge is -2.08. The van der Waals surface area contributed by atoms with E-state index in [1.807, 2.05) is 0 Å². The number of carbonyl (C=O) groups excluding carboxylic acids is 1. The number of benzene rings is 1. The molecule has 0 aliphatic carbocycles. The fraction of sp³-hybridized carbons (Fsp3) is 0.0769. The lowest BCUT2D eigenvalue weighted by atomic mass is 10.2. The fourth-order valence-corrected chi connectivity index (χ4v) is 1.60. The van der Waals surface area contributed by atoms with Crippen molar-refractivity contribution in [1.82, 2.24) is 4.98 Å². The van der Waals surface area contributed by atoms with Crippen LogP contribution in [0.5, 0.6) is 5.75 Å². The van der Waals surface area contributed by atoms with Crippen LogP contribution in [-0.4, -0.2) is 23.0 Å². The minimum atomic E-state index is -0.623. The first kappa shape index (κ1) is 14.3. The van der Waals surface area contributed by atoms with Crippen LogP contribution in [0.1, 0.15) is 0 Å². The van der Waals surface area contributed by atoms with Crippen molar-refractivity contribution in [1.29, 1.82) is 0 Å². The van der Waals surface area contributed by atoms with E-state index in [1.54, 1.807) is 18.2 Å². The van der Waals surface area contributed by atoms with Crippen molar-refractivity contribution in [2.45, 2.75) is 0 Å². The van der Waals surface area contributed by atoms with Crippen LogP contribution in [0, 0.1) is 10.1 Å². The number of hydrogen-bond acceptors (Lipinski definition) is 5. The van der Waals surface area contributed by atoms with Crippen LogP contribution in [0.25, 0.3) is 0 Å². The molecule has 1 heterocycles. The van der Waals surface area contributed by atoms with Crippen molar-refractivity contribution in [3.05, 3.63) is 52.7 Å². The van der Waals surface area contributed by atoms with Crippen LogP contribution in [0.15, 0.2) is 42.6 Å². The third-order valence-electron chi connectivity index (χ3n) is 2.56. The van der Waals surface area contributed by atoms with Crippen LogP contribution in [-0.2, 0) is 0 Å².